The number of morpholine rings is 1. The van der Waals surface area contributed by atoms with Gasteiger partial charge >= 0.3 is 6.09 Å². The summed E-state index contributed by atoms with van der Waals surface area (Å²) >= 11 is 0. The quantitative estimate of drug-likeness (QED) is 0.882. The van der Waals surface area contributed by atoms with Crippen LogP contribution in [0.15, 0.2) is 30.3 Å². The number of carbonyl (C=O) groups is 1. The highest BCUT2D eigenvalue weighted by Crippen LogP contribution is 2.28. The maximum absolute atomic E-state index is 11.3. The molecule has 0 saturated carbocycles. The molecule has 5 heteroatoms. The van der Waals surface area contributed by atoms with Gasteiger partial charge in [-0.1, -0.05) is 30.3 Å². The Bertz CT molecular complexity index is 451. The number of hydrogen-bond donors (Lipinski definition) is 2. The number of amides is 1. The van der Waals surface area contributed by atoms with Gasteiger partial charge in [-0.3, -0.25) is 4.90 Å². The molecule has 2 N–H and O–H groups in total. The first-order chi connectivity index (χ1) is 9.74. The first-order valence-corrected chi connectivity index (χ1v) is 7.10. The molecule has 2 aliphatic heterocycles. The van der Waals surface area contributed by atoms with E-state index in [1.54, 1.807) is 4.90 Å². The Kier molecular flexibility index (Phi) is 3.89. The van der Waals surface area contributed by atoms with Crippen LogP contribution in [-0.2, 0) is 11.3 Å². The van der Waals surface area contributed by atoms with Crippen LogP contribution in [0.1, 0.15) is 18.4 Å². The van der Waals surface area contributed by atoms with E-state index in [0.717, 1.165) is 19.4 Å². The molecule has 3 rings (SSSR count). The van der Waals surface area contributed by atoms with Gasteiger partial charge in [-0.05, 0) is 18.4 Å². The second-order valence-corrected chi connectivity index (χ2v) is 5.57. The van der Waals surface area contributed by atoms with Gasteiger partial charge < -0.3 is 15.2 Å². The number of benzene rings is 1. The Morgan fingerprint density at radius 3 is 2.50 bits per heavy atom. The lowest BCUT2D eigenvalue weighted by molar-refractivity contribution is -0.0670. The highest BCUT2D eigenvalue weighted by Gasteiger charge is 2.41. The zero-order valence-electron chi connectivity index (χ0n) is 11.4. The molecule has 1 unspecified atom stereocenters. The van der Waals surface area contributed by atoms with Gasteiger partial charge in [-0.2, -0.15) is 0 Å². The van der Waals surface area contributed by atoms with E-state index < -0.39 is 6.09 Å². The summed E-state index contributed by atoms with van der Waals surface area (Å²) < 4.78 is 5.50. The first-order valence-electron chi connectivity index (χ1n) is 7.10. The minimum absolute atomic E-state index is 0.00623. The van der Waals surface area contributed by atoms with E-state index in [1.165, 1.54) is 5.56 Å². The molecule has 0 radical (unpaired) electrons. The fraction of sp³-hybridized carbons (Fsp3) is 0.533. The summed E-state index contributed by atoms with van der Waals surface area (Å²) in [5.41, 5.74) is 1.26. The van der Waals surface area contributed by atoms with Gasteiger partial charge in [-0.25, -0.2) is 4.79 Å². The van der Waals surface area contributed by atoms with E-state index in [-0.39, 0.29) is 12.1 Å². The Morgan fingerprint density at radius 2 is 1.90 bits per heavy atom. The number of nitrogens with zero attached hydrogens (tertiary/aromatic N) is 1. The number of piperidine rings is 1. The number of rotatable bonds is 3. The van der Waals surface area contributed by atoms with Crippen molar-refractivity contribution >= 4 is 6.09 Å². The molecular formula is C15H20N2O3. The molecule has 0 aliphatic carbocycles. The number of hydrogen-bond acceptors (Lipinski definition) is 3. The average molecular weight is 276 g/mol. The fourth-order valence-corrected chi connectivity index (χ4v) is 3.25. The van der Waals surface area contributed by atoms with Gasteiger partial charge in [0.25, 0.3) is 0 Å². The van der Waals surface area contributed by atoms with Crippen molar-refractivity contribution in [2.45, 2.75) is 37.5 Å². The van der Waals surface area contributed by atoms with Gasteiger partial charge in [0.05, 0.1) is 25.3 Å². The average Bonchev–Trinajstić information content (AvgIpc) is 2.45. The highest BCUT2D eigenvalue weighted by molar-refractivity contribution is 5.66. The molecule has 1 aromatic carbocycles. The van der Waals surface area contributed by atoms with Crippen molar-refractivity contribution in [1.82, 2.24) is 10.2 Å². The Morgan fingerprint density at radius 1 is 1.25 bits per heavy atom. The third kappa shape index (κ3) is 2.78. The van der Waals surface area contributed by atoms with Crippen LogP contribution in [-0.4, -0.2) is 47.4 Å². The topological polar surface area (TPSA) is 61.8 Å². The lowest BCUT2D eigenvalue weighted by Gasteiger charge is -2.47. The standard InChI is InChI=1S/C15H20N2O3/c18-15(19)17-13-6-12(7-14(17)10-20-9-13)16-8-11-4-2-1-3-5-11/h1-5,12-14,16H,6-10H2,(H,18,19)/t12?,13-,14+. The highest BCUT2D eigenvalue weighted by atomic mass is 16.5. The largest absolute Gasteiger partial charge is 0.465 e. The minimum Gasteiger partial charge on any atom is -0.465 e. The van der Waals surface area contributed by atoms with Crippen LogP contribution in [0.5, 0.6) is 0 Å². The van der Waals surface area contributed by atoms with Crippen LogP contribution >= 0.6 is 0 Å². The molecule has 0 aromatic heterocycles. The zero-order chi connectivity index (χ0) is 13.9. The number of nitrogens with one attached hydrogen (secondary N) is 1. The van der Waals surface area contributed by atoms with Crippen LogP contribution in [0.4, 0.5) is 4.79 Å². The molecular weight excluding hydrogens is 256 g/mol. The Labute approximate surface area is 118 Å². The normalized spacial score (nSPS) is 29.2. The van der Waals surface area contributed by atoms with Gasteiger partial charge in [0, 0.05) is 12.6 Å². The number of ether oxygens (including phenoxy) is 1. The van der Waals surface area contributed by atoms with E-state index >= 15 is 0 Å². The predicted octanol–water partition coefficient (Wildman–Crippen LogP) is 1.69. The number of carboxylic acid groups (broad SMARTS) is 1. The molecule has 3 atom stereocenters. The van der Waals surface area contributed by atoms with E-state index in [2.05, 4.69) is 17.4 Å². The van der Waals surface area contributed by atoms with Crippen molar-refractivity contribution < 1.29 is 14.6 Å². The van der Waals surface area contributed by atoms with E-state index in [1.807, 2.05) is 18.2 Å². The summed E-state index contributed by atoms with van der Waals surface area (Å²) in [5, 5.41) is 12.8. The summed E-state index contributed by atoms with van der Waals surface area (Å²) in [6.45, 7) is 1.87. The van der Waals surface area contributed by atoms with Crippen molar-refractivity contribution in [3.63, 3.8) is 0 Å². The van der Waals surface area contributed by atoms with Gasteiger partial charge in [0.15, 0.2) is 0 Å². The molecule has 2 fully saturated rings. The number of fused-ring (bicyclic) bond motifs is 2. The van der Waals surface area contributed by atoms with Crippen molar-refractivity contribution in [3.05, 3.63) is 35.9 Å². The summed E-state index contributed by atoms with van der Waals surface area (Å²) in [7, 11) is 0. The second-order valence-electron chi connectivity index (χ2n) is 5.57. The van der Waals surface area contributed by atoms with Crippen LogP contribution in [0.3, 0.4) is 0 Å². The molecule has 20 heavy (non-hydrogen) atoms. The molecule has 2 bridgehead atoms. The fourth-order valence-electron chi connectivity index (χ4n) is 3.25. The molecule has 5 nitrogen and oxygen atoms in total. The molecule has 2 aliphatic rings. The third-order valence-electron chi connectivity index (χ3n) is 4.18. The smallest absolute Gasteiger partial charge is 0.407 e. The van der Waals surface area contributed by atoms with Crippen LogP contribution < -0.4 is 5.32 Å². The lowest BCUT2D eigenvalue weighted by atomic mass is 9.90. The maximum atomic E-state index is 11.3. The van der Waals surface area contributed by atoms with Gasteiger partial charge in [-0.15, -0.1) is 0 Å². The van der Waals surface area contributed by atoms with Crippen molar-refractivity contribution in [2.24, 2.45) is 0 Å². The SMILES string of the molecule is O=C(O)N1[C@@H]2COC[C@H]1CC(NCc1ccccc1)C2. The second kappa shape index (κ2) is 5.81. The van der Waals surface area contributed by atoms with Crippen molar-refractivity contribution in [3.8, 4) is 0 Å². The molecule has 1 amide bonds. The lowest BCUT2D eigenvalue weighted by Crippen LogP contribution is -2.61. The van der Waals surface area contributed by atoms with Crippen molar-refractivity contribution in [1.29, 1.82) is 0 Å². The molecule has 1 aromatic rings. The maximum Gasteiger partial charge on any atom is 0.407 e. The molecule has 0 spiro atoms. The van der Waals surface area contributed by atoms with E-state index in [4.69, 9.17) is 4.74 Å². The summed E-state index contributed by atoms with van der Waals surface area (Å²) in [5.74, 6) is 0. The van der Waals surface area contributed by atoms with Gasteiger partial charge in [0.1, 0.15) is 0 Å². The van der Waals surface area contributed by atoms with Crippen LogP contribution in [0.25, 0.3) is 0 Å². The monoisotopic (exact) mass is 276 g/mol. The molecule has 108 valence electrons. The van der Waals surface area contributed by atoms with E-state index in [0.29, 0.717) is 19.3 Å². The molecule has 2 heterocycles. The Hall–Kier alpha value is -1.59. The molecule has 2 saturated heterocycles. The van der Waals surface area contributed by atoms with Gasteiger partial charge in [0.2, 0.25) is 0 Å². The summed E-state index contributed by atoms with van der Waals surface area (Å²) in [6.07, 6.45) is 0.843. The third-order valence-corrected chi connectivity index (χ3v) is 4.18. The van der Waals surface area contributed by atoms with Crippen LogP contribution in [0, 0.1) is 0 Å². The zero-order valence-corrected chi connectivity index (χ0v) is 11.4. The first kappa shape index (κ1) is 13.4. The Balaban J connectivity index is 1.59. The van der Waals surface area contributed by atoms with E-state index in [9.17, 15) is 9.90 Å². The minimum atomic E-state index is -0.815. The summed E-state index contributed by atoms with van der Waals surface area (Å²) in [4.78, 5) is 12.9. The van der Waals surface area contributed by atoms with Crippen molar-refractivity contribution in [2.75, 3.05) is 13.2 Å². The van der Waals surface area contributed by atoms with Crippen LogP contribution in [0.2, 0.25) is 0 Å². The summed E-state index contributed by atoms with van der Waals surface area (Å²) in [6, 6.07) is 10.6. The predicted molar refractivity (Wildman–Crippen MR) is 74.6 cm³/mol.